The number of esters is 1. The number of halogens is 1. The molecule has 1 spiro atoms. The molecule has 1 aromatic heterocycles. The summed E-state index contributed by atoms with van der Waals surface area (Å²) in [6.07, 6.45) is 2.94. The highest BCUT2D eigenvalue weighted by atomic mass is 35.5. The van der Waals surface area contributed by atoms with Crippen LogP contribution in [0.25, 0.3) is 0 Å². The van der Waals surface area contributed by atoms with Gasteiger partial charge in [0.1, 0.15) is 5.60 Å². The van der Waals surface area contributed by atoms with Gasteiger partial charge in [0.15, 0.2) is 0 Å². The molecule has 0 unspecified atom stereocenters. The zero-order chi connectivity index (χ0) is 16.3. The maximum Gasteiger partial charge on any atom is 0.307 e. The van der Waals surface area contributed by atoms with Crippen molar-refractivity contribution in [2.24, 2.45) is 0 Å². The summed E-state index contributed by atoms with van der Waals surface area (Å²) >= 11 is 1.53. The molecule has 2 N–H and O–H groups in total. The van der Waals surface area contributed by atoms with Gasteiger partial charge >= 0.3 is 5.97 Å². The van der Waals surface area contributed by atoms with E-state index >= 15 is 0 Å². The van der Waals surface area contributed by atoms with E-state index in [2.05, 4.69) is 15.4 Å². The fraction of sp³-hybridized carbons (Fsp3) is 0.625. The van der Waals surface area contributed by atoms with E-state index in [9.17, 15) is 9.59 Å². The van der Waals surface area contributed by atoms with Crippen LogP contribution in [-0.2, 0) is 26.3 Å². The number of methoxy groups -OCH3 is 1. The predicted molar refractivity (Wildman–Crippen MR) is 94.0 cm³/mol. The normalized spacial score (nSPS) is 18.4. The van der Waals surface area contributed by atoms with Gasteiger partial charge in [0.2, 0.25) is 0 Å². The highest BCUT2D eigenvalue weighted by molar-refractivity contribution is 7.14. The van der Waals surface area contributed by atoms with Crippen molar-refractivity contribution in [2.45, 2.75) is 31.3 Å². The van der Waals surface area contributed by atoms with E-state index in [4.69, 9.17) is 4.74 Å². The first kappa shape index (κ1) is 19.2. The molecule has 0 aliphatic carbocycles. The lowest BCUT2D eigenvalue weighted by Crippen LogP contribution is -2.43. The Kier molecular flexibility index (Phi) is 6.62. The lowest BCUT2D eigenvalue weighted by molar-refractivity contribution is -0.140. The molecule has 2 aliphatic heterocycles. The number of fused-ring (bicyclic) bond motifs is 2. The number of rotatable bonds is 4. The maximum atomic E-state index is 12.3. The smallest absolute Gasteiger partial charge is 0.307 e. The zero-order valence-corrected chi connectivity index (χ0v) is 15.3. The molecular weight excluding hydrogens is 352 g/mol. The van der Waals surface area contributed by atoms with Crippen LogP contribution >= 0.6 is 23.7 Å². The Labute approximate surface area is 151 Å². The number of ether oxygens (including phenoxy) is 2. The van der Waals surface area contributed by atoms with Crippen molar-refractivity contribution in [2.75, 3.05) is 33.4 Å². The van der Waals surface area contributed by atoms with Gasteiger partial charge in [-0.1, -0.05) is 0 Å². The summed E-state index contributed by atoms with van der Waals surface area (Å²) in [4.78, 5) is 25.3. The minimum absolute atomic E-state index is 0. The fourth-order valence-electron chi connectivity index (χ4n) is 3.20. The predicted octanol–water partition coefficient (Wildman–Crippen LogP) is 1.61. The summed E-state index contributed by atoms with van der Waals surface area (Å²) in [5.41, 5.74) is 1.02. The van der Waals surface area contributed by atoms with E-state index in [0.29, 0.717) is 18.0 Å². The van der Waals surface area contributed by atoms with Crippen LogP contribution in [0.5, 0.6) is 0 Å². The summed E-state index contributed by atoms with van der Waals surface area (Å²) in [6, 6.07) is 1.99. The van der Waals surface area contributed by atoms with Crippen LogP contribution in [0.3, 0.4) is 0 Å². The van der Waals surface area contributed by atoms with Gasteiger partial charge in [0, 0.05) is 11.4 Å². The van der Waals surface area contributed by atoms with Gasteiger partial charge in [-0.25, -0.2) is 0 Å². The van der Waals surface area contributed by atoms with Gasteiger partial charge in [-0.05, 0) is 44.0 Å². The van der Waals surface area contributed by atoms with E-state index in [1.54, 1.807) is 0 Å². The second-order valence-corrected chi connectivity index (χ2v) is 6.94. The Balaban J connectivity index is 0.00000208. The fourth-order valence-corrected chi connectivity index (χ4v) is 4.53. The Hall–Kier alpha value is -1.15. The van der Waals surface area contributed by atoms with Gasteiger partial charge in [-0.3, -0.25) is 9.59 Å². The molecule has 134 valence electrons. The van der Waals surface area contributed by atoms with Crippen molar-refractivity contribution < 1.29 is 19.1 Å². The number of carbonyl (C=O) groups excluding carboxylic acids is 2. The molecule has 6 nitrogen and oxygen atoms in total. The van der Waals surface area contributed by atoms with E-state index in [-0.39, 0.29) is 36.3 Å². The number of piperidine rings is 1. The van der Waals surface area contributed by atoms with E-state index in [0.717, 1.165) is 32.4 Å². The number of amides is 1. The van der Waals surface area contributed by atoms with Crippen molar-refractivity contribution in [1.29, 1.82) is 0 Å². The van der Waals surface area contributed by atoms with Crippen LogP contribution in [0.4, 0.5) is 0 Å². The molecule has 8 heteroatoms. The van der Waals surface area contributed by atoms with Gasteiger partial charge in [-0.2, -0.15) is 0 Å². The summed E-state index contributed by atoms with van der Waals surface area (Å²) in [6.45, 7) is 2.89. The third-order valence-corrected chi connectivity index (χ3v) is 5.81. The molecule has 1 fully saturated rings. The zero-order valence-electron chi connectivity index (χ0n) is 13.7. The van der Waals surface area contributed by atoms with Crippen LogP contribution in [0.2, 0.25) is 0 Å². The quantitative estimate of drug-likeness (QED) is 0.783. The molecule has 24 heavy (non-hydrogen) atoms. The van der Waals surface area contributed by atoms with Gasteiger partial charge in [0.05, 0.1) is 25.0 Å². The second-order valence-electron chi connectivity index (χ2n) is 5.89. The molecule has 0 bridgehead atoms. The summed E-state index contributed by atoms with van der Waals surface area (Å²) in [5.74, 6) is -0.449. The average Bonchev–Trinajstić information content (AvgIpc) is 3.01. The Morgan fingerprint density at radius 3 is 2.88 bits per heavy atom. The lowest BCUT2D eigenvalue weighted by Gasteiger charge is -2.40. The first-order valence-electron chi connectivity index (χ1n) is 7.97. The van der Waals surface area contributed by atoms with E-state index in [1.165, 1.54) is 28.9 Å². The van der Waals surface area contributed by atoms with Crippen molar-refractivity contribution >= 4 is 35.6 Å². The van der Waals surface area contributed by atoms with Crippen molar-refractivity contribution in [1.82, 2.24) is 10.6 Å². The van der Waals surface area contributed by atoms with Crippen LogP contribution in [0.1, 0.15) is 39.4 Å². The average molecular weight is 375 g/mol. The number of hydrogen-bond acceptors (Lipinski definition) is 6. The lowest BCUT2D eigenvalue weighted by atomic mass is 9.86. The molecule has 1 amide bonds. The number of hydrogen-bond donors (Lipinski definition) is 2. The molecule has 1 aromatic rings. The van der Waals surface area contributed by atoms with Crippen LogP contribution in [0.15, 0.2) is 6.07 Å². The topological polar surface area (TPSA) is 76.7 Å². The highest BCUT2D eigenvalue weighted by Crippen LogP contribution is 2.44. The maximum absolute atomic E-state index is 12.3. The monoisotopic (exact) mass is 374 g/mol. The van der Waals surface area contributed by atoms with Crippen LogP contribution in [0, 0.1) is 0 Å². The molecule has 0 radical (unpaired) electrons. The third kappa shape index (κ3) is 3.91. The van der Waals surface area contributed by atoms with Gasteiger partial charge in [0.25, 0.3) is 5.91 Å². The van der Waals surface area contributed by atoms with E-state index in [1.807, 2.05) is 6.07 Å². The molecule has 3 rings (SSSR count). The highest BCUT2D eigenvalue weighted by Gasteiger charge is 2.41. The van der Waals surface area contributed by atoms with Crippen molar-refractivity contribution in [3.05, 3.63) is 21.4 Å². The van der Waals surface area contributed by atoms with Gasteiger partial charge < -0.3 is 20.1 Å². The SMILES string of the molecule is COC(=O)CCNC(=O)c1cc2c(s1)C1(CCNCC1)OCC2.Cl. The Morgan fingerprint density at radius 2 is 2.17 bits per heavy atom. The summed E-state index contributed by atoms with van der Waals surface area (Å²) in [7, 11) is 1.34. The number of nitrogens with one attached hydrogen (secondary N) is 2. The summed E-state index contributed by atoms with van der Waals surface area (Å²) in [5, 5.41) is 6.14. The molecule has 1 saturated heterocycles. The second kappa shape index (κ2) is 8.29. The van der Waals surface area contributed by atoms with E-state index < -0.39 is 0 Å². The first-order chi connectivity index (χ1) is 11.1. The molecule has 3 heterocycles. The van der Waals surface area contributed by atoms with Crippen molar-refractivity contribution in [3.63, 3.8) is 0 Å². The van der Waals surface area contributed by atoms with Gasteiger partial charge in [-0.15, -0.1) is 23.7 Å². The van der Waals surface area contributed by atoms with Crippen LogP contribution < -0.4 is 10.6 Å². The minimum Gasteiger partial charge on any atom is -0.469 e. The van der Waals surface area contributed by atoms with Crippen molar-refractivity contribution in [3.8, 4) is 0 Å². The first-order valence-corrected chi connectivity index (χ1v) is 8.79. The third-order valence-electron chi connectivity index (χ3n) is 4.45. The number of thiophene rings is 1. The molecule has 0 aromatic carbocycles. The largest absolute Gasteiger partial charge is 0.469 e. The Morgan fingerprint density at radius 1 is 1.42 bits per heavy atom. The molecular formula is C16H23ClN2O4S. The minimum atomic E-state index is -0.321. The van der Waals surface area contributed by atoms with Crippen LogP contribution in [-0.4, -0.2) is 45.2 Å². The molecule has 2 aliphatic rings. The standard InChI is InChI=1S/C16H22N2O4S.ClH/c1-21-13(19)2-6-18-15(20)12-10-11-3-9-22-16(14(11)23-12)4-7-17-8-5-16;/h10,17H,2-9H2,1H3,(H,18,20);1H. The Bertz CT molecular complexity index is 599. The summed E-state index contributed by atoms with van der Waals surface area (Å²) < 4.78 is 10.7. The number of carbonyl (C=O) groups is 2. The molecule has 0 saturated carbocycles. The molecule has 0 atom stereocenters.